The molecule has 15 heavy (non-hydrogen) atoms. The summed E-state index contributed by atoms with van der Waals surface area (Å²) in [4.78, 5) is 11.9. The maximum absolute atomic E-state index is 10.1. The number of hydrogen-bond acceptors (Lipinski definition) is 3. The molecule has 3 unspecified atom stereocenters. The minimum absolute atomic E-state index is 0. The van der Waals surface area contributed by atoms with Crippen LogP contribution in [0.2, 0.25) is 0 Å². The van der Waals surface area contributed by atoms with Crippen molar-refractivity contribution >= 4 is 6.41 Å². The molecule has 1 saturated carbocycles. The van der Waals surface area contributed by atoms with Crippen molar-refractivity contribution < 1.29 is 6.22 Å². The summed E-state index contributed by atoms with van der Waals surface area (Å²) in [7, 11) is 0. The van der Waals surface area contributed by atoms with Gasteiger partial charge in [-0.25, -0.2) is 0 Å². The van der Waals surface area contributed by atoms with Crippen LogP contribution in [0.15, 0.2) is 0 Å². The lowest BCUT2D eigenvalue weighted by Crippen LogP contribution is -2.51. The van der Waals surface area contributed by atoms with Crippen LogP contribution in [0.4, 0.5) is 0 Å². The van der Waals surface area contributed by atoms with Crippen molar-refractivity contribution in [2.24, 2.45) is 11.8 Å². The zero-order valence-corrected chi connectivity index (χ0v) is 9.60. The molecule has 3 aliphatic rings. The maximum Gasteiger partial charge on any atom is 0.207 e. The fourth-order valence-electron chi connectivity index (χ4n) is 2.06. The van der Waals surface area contributed by atoms with Gasteiger partial charge < -0.3 is 10.2 Å². The Balaban J connectivity index is 0.000000397. The standard InChI is InChI=1S/C7H9N3O.C4H10.H2/c8-3-10-2-5-1-6(10)7(5)9-4-11;1-4(2)3;/h4-7H,1-2H2,(H,9,11);4H,1-3H3;1H. The lowest BCUT2D eigenvalue weighted by molar-refractivity contribution is -0.111. The van der Waals surface area contributed by atoms with Crippen LogP contribution in [0.1, 0.15) is 28.6 Å². The first kappa shape index (κ1) is 11.8. The van der Waals surface area contributed by atoms with Crippen LogP contribution in [0.25, 0.3) is 0 Å². The zero-order valence-electron chi connectivity index (χ0n) is 9.60. The molecule has 0 radical (unpaired) electrons. The molecule has 1 amide bonds. The fraction of sp³-hybridized carbons (Fsp3) is 0.818. The zero-order chi connectivity index (χ0) is 11.4. The molecular weight excluding hydrogens is 190 g/mol. The molecule has 1 aliphatic carbocycles. The quantitative estimate of drug-likeness (QED) is 0.551. The number of fused-ring (bicyclic) bond motifs is 1. The van der Waals surface area contributed by atoms with Gasteiger partial charge in [-0.05, 0) is 12.3 Å². The Morgan fingerprint density at radius 2 is 2.20 bits per heavy atom. The Morgan fingerprint density at radius 1 is 1.60 bits per heavy atom. The number of carbonyl (C=O) groups is 1. The lowest BCUT2D eigenvalue weighted by Gasteiger charge is -2.34. The number of nitriles is 1. The highest BCUT2D eigenvalue weighted by Crippen LogP contribution is 2.40. The van der Waals surface area contributed by atoms with Gasteiger partial charge in [0.05, 0.1) is 12.1 Å². The third-order valence-corrected chi connectivity index (χ3v) is 2.69. The lowest BCUT2D eigenvalue weighted by atomic mass is 9.80. The first-order valence-electron chi connectivity index (χ1n) is 5.46. The van der Waals surface area contributed by atoms with Crippen LogP contribution in [0, 0.1) is 23.3 Å². The number of hydrogen-bond donors (Lipinski definition) is 1. The molecule has 2 saturated heterocycles. The van der Waals surface area contributed by atoms with Gasteiger partial charge in [0.15, 0.2) is 6.19 Å². The summed E-state index contributed by atoms with van der Waals surface area (Å²) in [5.41, 5.74) is 0. The second-order valence-corrected chi connectivity index (χ2v) is 4.86. The Morgan fingerprint density at radius 3 is 2.60 bits per heavy atom. The minimum Gasteiger partial charge on any atom is -0.353 e. The monoisotopic (exact) mass is 211 g/mol. The SMILES string of the molecule is CC(C)C.N#CN1CC2CC1C2NC=O.[HH]. The summed E-state index contributed by atoms with van der Waals surface area (Å²) >= 11 is 0. The van der Waals surface area contributed by atoms with Crippen LogP contribution < -0.4 is 5.32 Å². The van der Waals surface area contributed by atoms with Crippen LogP contribution in [0.5, 0.6) is 0 Å². The van der Waals surface area contributed by atoms with Gasteiger partial charge in [0.1, 0.15) is 0 Å². The molecular formula is C11H21N3O. The predicted molar refractivity (Wildman–Crippen MR) is 59.8 cm³/mol. The van der Waals surface area contributed by atoms with Crippen LogP contribution in [0.3, 0.4) is 0 Å². The highest BCUT2D eigenvalue weighted by molar-refractivity contribution is 5.48. The Bertz CT molecular complexity index is 262. The Hall–Kier alpha value is -1.24. The highest BCUT2D eigenvalue weighted by atomic mass is 16.1. The molecule has 3 fully saturated rings. The first-order valence-corrected chi connectivity index (χ1v) is 5.46. The normalized spacial score (nSPS) is 31.1. The molecule has 3 atom stereocenters. The maximum atomic E-state index is 10.1. The summed E-state index contributed by atoms with van der Waals surface area (Å²) in [6, 6.07) is 0.530. The predicted octanol–water partition coefficient (Wildman–Crippen LogP) is 1.19. The molecule has 2 aliphatic heterocycles. The van der Waals surface area contributed by atoms with Gasteiger partial charge in [-0.15, -0.1) is 0 Å². The van der Waals surface area contributed by atoms with Gasteiger partial charge in [0.2, 0.25) is 6.41 Å². The molecule has 0 aromatic heterocycles. The molecule has 3 rings (SSSR count). The first-order chi connectivity index (χ1) is 7.10. The van der Waals surface area contributed by atoms with Crippen molar-refractivity contribution in [1.82, 2.24) is 10.2 Å². The van der Waals surface area contributed by atoms with Crippen molar-refractivity contribution in [2.75, 3.05) is 6.54 Å². The summed E-state index contributed by atoms with van der Waals surface area (Å²) < 4.78 is 0. The summed E-state index contributed by atoms with van der Waals surface area (Å²) in [6.07, 6.45) is 3.92. The van der Waals surface area contributed by atoms with Crippen molar-refractivity contribution in [3.05, 3.63) is 0 Å². The molecule has 0 spiro atoms. The van der Waals surface area contributed by atoms with E-state index in [0.717, 1.165) is 25.3 Å². The van der Waals surface area contributed by atoms with Gasteiger partial charge in [-0.2, -0.15) is 5.26 Å². The topological polar surface area (TPSA) is 56.1 Å². The molecule has 0 aromatic carbocycles. The third-order valence-electron chi connectivity index (χ3n) is 2.69. The van der Waals surface area contributed by atoms with E-state index in [9.17, 15) is 4.79 Å². The average molecular weight is 211 g/mol. The highest BCUT2D eigenvalue weighted by Gasteiger charge is 2.51. The average Bonchev–Trinajstić information content (AvgIpc) is 2.69. The van der Waals surface area contributed by atoms with Crippen molar-refractivity contribution in [1.29, 1.82) is 5.26 Å². The molecule has 0 aromatic rings. The van der Waals surface area contributed by atoms with E-state index in [4.69, 9.17) is 5.26 Å². The van der Waals surface area contributed by atoms with E-state index in [0.29, 0.717) is 5.92 Å². The smallest absolute Gasteiger partial charge is 0.207 e. The Kier molecular flexibility index (Phi) is 3.96. The largest absolute Gasteiger partial charge is 0.353 e. The van der Waals surface area contributed by atoms with Gasteiger partial charge in [0, 0.05) is 13.9 Å². The van der Waals surface area contributed by atoms with E-state index in [-0.39, 0.29) is 13.5 Å². The summed E-state index contributed by atoms with van der Waals surface area (Å²) in [6.45, 7) is 7.33. The fourth-order valence-corrected chi connectivity index (χ4v) is 2.06. The third kappa shape index (κ3) is 2.62. The van der Waals surface area contributed by atoms with Crippen LogP contribution in [-0.2, 0) is 4.79 Å². The number of carbonyl (C=O) groups excluding carboxylic acids is 1. The summed E-state index contributed by atoms with van der Waals surface area (Å²) in [5.74, 6) is 1.35. The minimum atomic E-state index is 0. The molecule has 1 N–H and O–H groups in total. The van der Waals surface area contributed by atoms with E-state index in [1.54, 1.807) is 4.90 Å². The van der Waals surface area contributed by atoms with Gasteiger partial charge >= 0.3 is 0 Å². The second-order valence-electron chi connectivity index (χ2n) is 4.86. The Labute approximate surface area is 92.7 Å². The van der Waals surface area contributed by atoms with Gasteiger partial charge in [-0.3, -0.25) is 4.79 Å². The van der Waals surface area contributed by atoms with E-state index >= 15 is 0 Å². The molecule has 4 heteroatoms. The molecule has 86 valence electrons. The van der Waals surface area contributed by atoms with E-state index in [2.05, 4.69) is 32.3 Å². The van der Waals surface area contributed by atoms with Crippen molar-refractivity contribution in [3.8, 4) is 6.19 Å². The molecule has 2 heterocycles. The van der Waals surface area contributed by atoms with E-state index in [1.165, 1.54) is 0 Å². The van der Waals surface area contributed by atoms with Crippen LogP contribution >= 0.6 is 0 Å². The molecule has 2 bridgehead atoms. The summed E-state index contributed by atoms with van der Waals surface area (Å²) in [5, 5.41) is 11.3. The van der Waals surface area contributed by atoms with Crippen LogP contribution in [-0.4, -0.2) is 29.9 Å². The second kappa shape index (κ2) is 5.01. The van der Waals surface area contributed by atoms with Gasteiger partial charge in [0.25, 0.3) is 0 Å². The number of nitrogens with one attached hydrogen (secondary N) is 1. The van der Waals surface area contributed by atoms with Crippen molar-refractivity contribution in [2.45, 2.75) is 39.3 Å². The van der Waals surface area contributed by atoms with E-state index < -0.39 is 0 Å². The molecule has 4 nitrogen and oxygen atoms in total. The number of rotatable bonds is 2. The van der Waals surface area contributed by atoms with E-state index in [1.807, 2.05) is 0 Å². The van der Waals surface area contributed by atoms with Gasteiger partial charge in [-0.1, -0.05) is 20.8 Å². The number of nitrogens with zero attached hydrogens (tertiary/aromatic N) is 2. The number of amides is 1. The van der Waals surface area contributed by atoms with Crippen molar-refractivity contribution in [3.63, 3.8) is 0 Å².